The predicted octanol–water partition coefficient (Wildman–Crippen LogP) is 4.81. The lowest BCUT2D eigenvalue weighted by molar-refractivity contribution is 0.223. The molecule has 0 bridgehead atoms. The molecule has 1 saturated carbocycles. The number of rotatable bonds is 6. The second-order valence-corrected chi connectivity index (χ2v) is 8.63. The van der Waals surface area contributed by atoms with Gasteiger partial charge in [0.15, 0.2) is 0 Å². The van der Waals surface area contributed by atoms with Crippen LogP contribution in [0.15, 0.2) is 64.0 Å². The maximum Gasteiger partial charge on any atom is 0.123 e. The Hall–Kier alpha value is -3.03. The van der Waals surface area contributed by atoms with E-state index in [0.717, 1.165) is 59.1 Å². The van der Waals surface area contributed by atoms with Crippen molar-refractivity contribution < 1.29 is 9.50 Å². The summed E-state index contributed by atoms with van der Waals surface area (Å²) >= 11 is 0. The van der Waals surface area contributed by atoms with Gasteiger partial charge in [-0.05, 0) is 94.1 Å². The third-order valence-electron chi connectivity index (χ3n) is 6.26. The second-order valence-electron chi connectivity index (χ2n) is 8.63. The molecule has 1 aromatic heterocycles. The minimum Gasteiger partial charge on any atom is -0.396 e. The van der Waals surface area contributed by atoms with Gasteiger partial charge in [0.05, 0.1) is 0 Å². The lowest BCUT2D eigenvalue weighted by Crippen LogP contribution is -2.42. The smallest absolute Gasteiger partial charge is 0.123 e. The van der Waals surface area contributed by atoms with Gasteiger partial charge >= 0.3 is 0 Å². The summed E-state index contributed by atoms with van der Waals surface area (Å²) < 4.78 is 14.0. The van der Waals surface area contributed by atoms with Crippen molar-refractivity contribution in [2.75, 3.05) is 26.2 Å². The molecule has 0 spiro atoms. The molecule has 4 rings (SSSR count). The van der Waals surface area contributed by atoms with Crippen molar-refractivity contribution in [1.29, 1.82) is 5.41 Å². The minimum absolute atomic E-state index is 0.0555. The highest BCUT2D eigenvalue weighted by Crippen LogP contribution is 2.38. The van der Waals surface area contributed by atoms with Gasteiger partial charge in [0.1, 0.15) is 5.82 Å². The van der Waals surface area contributed by atoms with Crippen LogP contribution in [0, 0.1) is 17.1 Å². The number of pyridine rings is 1. The molecule has 2 fully saturated rings. The van der Waals surface area contributed by atoms with Crippen molar-refractivity contribution in [2.45, 2.75) is 39.0 Å². The highest BCUT2D eigenvalue weighted by Gasteiger charge is 2.30. The van der Waals surface area contributed by atoms with Crippen LogP contribution in [0.5, 0.6) is 0 Å². The summed E-state index contributed by atoms with van der Waals surface area (Å²) in [4.78, 5) is 12.8. The summed E-state index contributed by atoms with van der Waals surface area (Å²) in [5.74, 6) is 0.545. The van der Waals surface area contributed by atoms with E-state index in [1.165, 1.54) is 6.07 Å². The molecule has 2 aromatic rings. The highest BCUT2D eigenvalue weighted by molar-refractivity contribution is 6.26. The van der Waals surface area contributed by atoms with E-state index in [1.54, 1.807) is 18.5 Å². The average Bonchev–Trinajstić information content (AvgIpc) is 2.82. The van der Waals surface area contributed by atoms with Gasteiger partial charge in [-0.3, -0.25) is 15.0 Å². The largest absolute Gasteiger partial charge is 0.396 e. The van der Waals surface area contributed by atoms with Crippen LogP contribution in [0.4, 0.5) is 4.39 Å². The monoisotopic (exact) mass is 463 g/mol. The van der Waals surface area contributed by atoms with Crippen molar-refractivity contribution in [2.24, 2.45) is 15.9 Å². The van der Waals surface area contributed by atoms with Gasteiger partial charge in [-0.25, -0.2) is 4.39 Å². The Morgan fingerprint density at radius 1 is 1.29 bits per heavy atom. The molecule has 1 atom stereocenters. The van der Waals surface area contributed by atoms with Crippen LogP contribution in [0.25, 0.3) is 11.1 Å². The first kappa shape index (κ1) is 25.6. The van der Waals surface area contributed by atoms with Gasteiger partial charge in [0.2, 0.25) is 0 Å². The number of nitrogens with zero attached hydrogens (tertiary/aromatic N) is 3. The first-order chi connectivity index (χ1) is 16.5. The molecule has 6 nitrogen and oxygen atoms in total. The van der Waals surface area contributed by atoms with Gasteiger partial charge in [-0.1, -0.05) is 12.1 Å². The average molecular weight is 464 g/mol. The summed E-state index contributed by atoms with van der Waals surface area (Å²) in [6, 6.07) is 8.63. The van der Waals surface area contributed by atoms with Gasteiger partial charge in [0, 0.05) is 53.8 Å². The van der Waals surface area contributed by atoms with E-state index < -0.39 is 0 Å². The normalized spacial score (nSPS) is 20.9. The van der Waals surface area contributed by atoms with E-state index in [9.17, 15) is 4.39 Å². The molecule has 0 amide bonds. The summed E-state index contributed by atoms with van der Waals surface area (Å²) in [5, 5.41) is 20.1. The molecule has 1 aliphatic heterocycles. The van der Waals surface area contributed by atoms with Crippen molar-refractivity contribution in [3.8, 4) is 11.1 Å². The number of benzene rings is 1. The van der Waals surface area contributed by atoms with Crippen molar-refractivity contribution >= 4 is 18.1 Å². The third-order valence-corrected chi connectivity index (χ3v) is 6.26. The molecule has 2 heterocycles. The summed E-state index contributed by atoms with van der Waals surface area (Å²) in [6.07, 6.45) is 5.67. The topological polar surface area (TPSA) is 93.7 Å². The Balaban J connectivity index is 0.000000396. The molecule has 1 saturated heterocycles. The Morgan fingerprint density at radius 2 is 2.09 bits per heavy atom. The first-order valence-corrected chi connectivity index (χ1v) is 11.8. The molecule has 1 aromatic carbocycles. The zero-order valence-corrected chi connectivity index (χ0v) is 20.0. The SMILES string of the molecule is C=N/C(C)=C1/C(=N)CC(c2ccc(F)cc2-c2cccnc2)CC1=NCC.OCCC1CNC1. The first-order valence-electron chi connectivity index (χ1n) is 11.8. The zero-order valence-electron chi connectivity index (χ0n) is 20.0. The van der Waals surface area contributed by atoms with E-state index in [1.807, 2.05) is 32.0 Å². The lowest BCUT2D eigenvalue weighted by Gasteiger charge is -2.29. The lowest BCUT2D eigenvalue weighted by atomic mass is 9.76. The van der Waals surface area contributed by atoms with E-state index in [2.05, 4.69) is 27.0 Å². The Labute approximate surface area is 201 Å². The minimum atomic E-state index is -0.279. The highest BCUT2D eigenvalue weighted by atomic mass is 19.1. The number of hydrogen-bond donors (Lipinski definition) is 3. The standard InChI is InChI=1S/C22H23FN4.C5H11NO/c1-4-27-21-11-16(10-20(24)22(21)14(2)25-3)18-8-7-17(23)12-19(18)15-6-5-9-26-13-15;7-2-1-5-3-6-4-5/h5-9,12-13,16,24H,3-4,10-11H2,1-2H3;5-7H,1-4H2/b22-14-,24-20?,27-21?;. The molecule has 1 unspecified atom stereocenters. The molecule has 34 heavy (non-hydrogen) atoms. The number of aliphatic hydroxyl groups excluding tert-OH is 1. The van der Waals surface area contributed by atoms with Crippen molar-refractivity contribution in [1.82, 2.24) is 10.3 Å². The summed E-state index contributed by atoms with van der Waals surface area (Å²) in [5.41, 5.74) is 5.63. The number of halogens is 1. The van der Waals surface area contributed by atoms with Crippen molar-refractivity contribution in [3.05, 3.63) is 65.4 Å². The van der Waals surface area contributed by atoms with E-state index in [-0.39, 0.29) is 11.7 Å². The number of hydrogen-bond acceptors (Lipinski definition) is 6. The molecule has 2 aliphatic rings. The van der Waals surface area contributed by atoms with E-state index in [4.69, 9.17) is 10.5 Å². The van der Waals surface area contributed by atoms with Crippen molar-refractivity contribution in [3.63, 3.8) is 0 Å². The van der Waals surface area contributed by atoms with Gasteiger partial charge in [-0.15, -0.1) is 0 Å². The van der Waals surface area contributed by atoms with E-state index >= 15 is 0 Å². The number of aliphatic imine (C=N–C) groups is 2. The number of aliphatic hydroxyl groups is 1. The fourth-order valence-electron chi connectivity index (χ4n) is 4.38. The van der Waals surface area contributed by atoms with Crippen LogP contribution >= 0.6 is 0 Å². The number of nitrogens with one attached hydrogen (secondary N) is 2. The van der Waals surface area contributed by atoms with Crippen LogP contribution in [0.2, 0.25) is 0 Å². The van der Waals surface area contributed by atoms with Gasteiger partial charge in [-0.2, -0.15) is 0 Å². The maximum atomic E-state index is 14.0. The maximum absolute atomic E-state index is 14.0. The number of aromatic nitrogens is 1. The molecule has 180 valence electrons. The molecular weight excluding hydrogens is 429 g/mol. The van der Waals surface area contributed by atoms with Gasteiger partial charge < -0.3 is 15.8 Å². The van der Waals surface area contributed by atoms with Gasteiger partial charge in [0.25, 0.3) is 0 Å². The van der Waals surface area contributed by atoms with Crippen LogP contribution in [-0.2, 0) is 0 Å². The molecule has 0 radical (unpaired) electrons. The Kier molecular flexibility index (Phi) is 9.36. The fraction of sp³-hybridized carbons (Fsp3) is 0.407. The predicted molar refractivity (Wildman–Crippen MR) is 138 cm³/mol. The Bertz CT molecular complexity index is 1060. The molecule has 3 N–H and O–H groups in total. The fourth-order valence-corrected chi connectivity index (χ4v) is 4.38. The molecule has 7 heteroatoms. The number of allylic oxidation sites excluding steroid dienone is 2. The molecule has 1 aliphatic carbocycles. The van der Waals surface area contributed by atoms with Crippen LogP contribution in [0.3, 0.4) is 0 Å². The van der Waals surface area contributed by atoms with Crippen LogP contribution in [-0.4, -0.2) is 54.5 Å². The van der Waals surface area contributed by atoms with Crippen LogP contribution in [0.1, 0.15) is 44.6 Å². The van der Waals surface area contributed by atoms with Crippen LogP contribution < -0.4 is 5.32 Å². The Morgan fingerprint density at radius 3 is 2.65 bits per heavy atom. The quantitative estimate of drug-likeness (QED) is 0.537. The third kappa shape index (κ3) is 6.30. The second kappa shape index (κ2) is 12.4. The van der Waals surface area contributed by atoms with E-state index in [0.29, 0.717) is 31.7 Å². The summed E-state index contributed by atoms with van der Waals surface area (Å²) in [6.45, 7) is 10.7. The zero-order chi connectivity index (χ0) is 24.5. The molecular formula is C27H34FN5O. The summed E-state index contributed by atoms with van der Waals surface area (Å²) in [7, 11) is 0.